The molecule has 190 valence electrons. The van der Waals surface area contributed by atoms with Gasteiger partial charge in [-0.3, -0.25) is 4.79 Å². The lowest BCUT2D eigenvalue weighted by atomic mass is 10.1. The Labute approximate surface area is 217 Å². The van der Waals surface area contributed by atoms with Crippen LogP contribution in [0.2, 0.25) is 0 Å². The average molecular weight is 509 g/mol. The van der Waals surface area contributed by atoms with Crippen molar-refractivity contribution in [1.82, 2.24) is 34.4 Å². The molecule has 0 spiro atoms. The number of amides is 1. The van der Waals surface area contributed by atoms with Gasteiger partial charge in [0.05, 0.1) is 36.6 Å². The number of hydrogen-bond acceptors (Lipinski definition) is 9. The standard InChI is InChI=1S/C27H24N8O3/c1-4-24(36)35-12-19(13-35)38-27-28-11-21-25(33-27)26(30-14-29-21)32-17-5-8-23(16(2)9-17)37-18-6-7-22-20(10-18)31-15-34(22)3/h4-11,14-15,19H,1,12-13H2,2-3H3,(H,29,30,32). The highest BCUT2D eigenvalue weighted by Crippen LogP contribution is 2.31. The van der Waals surface area contributed by atoms with E-state index in [1.807, 2.05) is 54.9 Å². The normalized spacial score (nSPS) is 13.4. The van der Waals surface area contributed by atoms with E-state index in [2.05, 4.69) is 36.8 Å². The zero-order valence-corrected chi connectivity index (χ0v) is 20.8. The summed E-state index contributed by atoms with van der Waals surface area (Å²) in [7, 11) is 1.96. The molecule has 3 aromatic heterocycles. The van der Waals surface area contributed by atoms with Crippen LogP contribution in [-0.2, 0) is 11.8 Å². The van der Waals surface area contributed by atoms with Crippen molar-refractivity contribution in [2.24, 2.45) is 7.05 Å². The van der Waals surface area contributed by atoms with Crippen LogP contribution in [0.5, 0.6) is 17.5 Å². The number of benzene rings is 2. The van der Waals surface area contributed by atoms with Crippen LogP contribution in [0.1, 0.15) is 5.56 Å². The fraction of sp³-hybridized carbons (Fsp3) is 0.185. The maximum Gasteiger partial charge on any atom is 0.317 e. The van der Waals surface area contributed by atoms with E-state index in [1.54, 1.807) is 17.4 Å². The van der Waals surface area contributed by atoms with Crippen molar-refractivity contribution in [3.05, 3.63) is 73.5 Å². The van der Waals surface area contributed by atoms with Crippen LogP contribution in [-0.4, -0.2) is 59.5 Å². The molecule has 2 aromatic carbocycles. The van der Waals surface area contributed by atoms with Gasteiger partial charge in [-0.25, -0.2) is 19.9 Å². The van der Waals surface area contributed by atoms with Crippen molar-refractivity contribution < 1.29 is 14.3 Å². The molecule has 0 aliphatic carbocycles. The maximum absolute atomic E-state index is 11.7. The topological polar surface area (TPSA) is 120 Å². The van der Waals surface area contributed by atoms with E-state index in [1.165, 1.54) is 12.4 Å². The van der Waals surface area contributed by atoms with Crippen molar-refractivity contribution in [2.45, 2.75) is 13.0 Å². The molecule has 4 heterocycles. The Morgan fingerprint density at radius 1 is 1.11 bits per heavy atom. The molecule has 1 aliphatic rings. The number of likely N-dealkylation sites (tertiary alicyclic amines) is 1. The molecule has 1 N–H and O–H groups in total. The van der Waals surface area contributed by atoms with Crippen LogP contribution in [0, 0.1) is 6.92 Å². The third-order valence-corrected chi connectivity index (χ3v) is 6.32. The van der Waals surface area contributed by atoms with E-state index in [9.17, 15) is 4.79 Å². The number of carbonyl (C=O) groups is 1. The predicted molar refractivity (Wildman–Crippen MR) is 142 cm³/mol. The molecule has 1 saturated heterocycles. The third kappa shape index (κ3) is 4.45. The zero-order chi connectivity index (χ0) is 26.2. The second-order valence-electron chi connectivity index (χ2n) is 9.01. The number of fused-ring (bicyclic) bond motifs is 2. The van der Waals surface area contributed by atoms with E-state index in [0.29, 0.717) is 29.9 Å². The van der Waals surface area contributed by atoms with E-state index < -0.39 is 0 Å². The van der Waals surface area contributed by atoms with Gasteiger partial charge in [-0.1, -0.05) is 6.58 Å². The number of hydrogen-bond donors (Lipinski definition) is 1. The lowest BCUT2D eigenvalue weighted by molar-refractivity contribution is -0.134. The van der Waals surface area contributed by atoms with E-state index in [4.69, 9.17) is 9.47 Å². The summed E-state index contributed by atoms with van der Waals surface area (Å²) < 4.78 is 13.9. The summed E-state index contributed by atoms with van der Waals surface area (Å²) in [5.74, 6) is 1.86. The van der Waals surface area contributed by atoms with Gasteiger partial charge in [0.25, 0.3) is 0 Å². The SMILES string of the molecule is C=CC(=O)N1CC(Oc2ncc3ncnc(Nc4ccc(Oc5ccc6c(c5)ncn6C)c(C)c4)c3n2)C1. The molecule has 5 aromatic rings. The summed E-state index contributed by atoms with van der Waals surface area (Å²) in [5.41, 5.74) is 4.78. The van der Waals surface area contributed by atoms with Gasteiger partial charge in [0.2, 0.25) is 5.91 Å². The summed E-state index contributed by atoms with van der Waals surface area (Å²) >= 11 is 0. The van der Waals surface area contributed by atoms with Crippen LogP contribution in [0.25, 0.3) is 22.1 Å². The monoisotopic (exact) mass is 508 g/mol. The van der Waals surface area contributed by atoms with Gasteiger partial charge in [-0.15, -0.1) is 0 Å². The molecule has 0 unspecified atom stereocenters. The minimum absolute atomic E-state index is 0.120. The van der Waals surface area contributed by atoms with E-state index >= 15 is 0 Å². The molecule has 0 saturated carbocycles. The molecule has 11 heteroatoms. The number of nitrogens with one attached hydrogen (secondary N) is 1. The molecular weight excluding hydrogens is 484 g/mol. The Morgan fingerprint density at radius 2 is 1.97 bits per heavy atom. The number of carbonyl (C=O) groups excluding carboxylic acids is 1. The number of aromatic nitrogens is 6. The van der Waals surface area contributed by atoms with Crippen LogP contribution < -0.4 is 14.8 Å². The number of aryl methyl sites for hydroxylation is 2. The molecule has 0 radical (unpaired) electrons. The summed E-state index contributed by atoms with van der Waals surface area (Å²) in [5, 5.41) is 3.31. The minimum atomic E-state index is -0.175. The summed E-state index contributed by atoms with van der Waals surface area (Å²) in [6.07, 6.45) is 5.95. The van der Waals surface area contributed by atoms with Gasteiger partial charge in [0, 0.05) is 18.8 Å². The molecule has 6 rings (SSSR count). The third-order valence-electron chi connectivity index (χ3n) is 6.32. The highest BCUT2D eigenvalue weighted by molar-refractivity contribution is 5.88. The largest absolute Gasteiger partial charge is 0.457 e. The van der Waals surface area contributed by atoms with Crippen molar-refractivity contribution in [2.75, 3.05) is 18.4 Å². The number of nitrogens with zero attached hydrogens (tertiary/aromatic N) is 7. The lowest BCUT2D eigenvalue weighted by Gasteiger charge is -2.37. The molecule has 1 amide bonds. The van der Waals surface area contributed by atoms with Gasteiger partial charge < -0.3 is 24.3 Å². The fourth-order valence-corrected chi connectivity index (χ4v) is 4.24. The fourth-order valence-electron chi connectivity index (χ4n) is 4.24. The van der Waals surface area contributed by atoms with Gasteiger partial charge in [-0.2, -0.15) is 4.98 Å². The summed E-state index contributed by atoms with van der Waals surface area (Å²) in [4.78, 5) is 35.1. The van der Waals surface area contributed by atoms with Gasteiger partial charge in [-0.05, 0) is 48.9 Å². The molecule has 38 heavy (non-hydrogen) atoms. The Kier molecular flexibility index (Phi) is 5.79. The Morgan fingerprint density at radius 3 is 2.79 bits per heavy atom. The second-order valence-corrected chi connectivity index (χ2v) is 9.01. The van der Waals surface area contributed by atoms with Crippen molar-refractivity contribution in [3.63, 3.8) is 0 Å². The van der Waals surface area contributed by atoms with Crippen molar-refractivity contribution in [3.8, 4) is 17.5 Å². The van der Waals surface area contributed by atoms with Gasteiger partial charge in [0.15, 0.2) is 5.82 Å². The molecule has 11 nitrogen and oxygen atoms in total. The minimum Gasteiger partial charge on any atom is -0.457 e. The zero-order valence-electron chi connectivity index (χ0n) is 20.8. The number of ether oxygens (including phenoxy) is 2. The first-order chi connectivity index (χ1) is 18.5. The van der Waals surface area contributed by atoms with Crippen LogP contribution in [0.15, 0.2) is 67.9 Å². The molecule has 1 aliphatic heterocycles. The van der Waals surface area contributed by atoms with Gasteiger partial charge in [0.1, 0.15) is 35.0 Å². The van der Waals surface area contributed by atoms with Crippen LogP contribution in [0.3, 0.4) is 0 Å². The number of anilines is 2. The Hall–Kier alpha value is -5.06. The lowest BCUT2D eigenvalue weighted by Crippen LogP contribution is -2.55. The smallest absolute Gasteiger partial charge is 0.317 e. The Balaban J connectivity index is 1.18. The Bertz CT molecular complexity index is 1690. The average Bonchev–Trinajstić information content (AvgIpc) is 3.27. The van der Waals surface area contributed by atoms with Crippen LogP contribution >= 0.6 is 0 Å². The predicted octanol–water partition coefficient (Wildman–Crippen LogP) is 3.93. The maximum atomic E-state index is 11.7. The van der Waals surface area contributed by atoms with E-state index in [0.717, 1.165) is 33.8 Å². The quantitative estimate of drug-likeness (QED) is 0.326. The first-order valence-electron chi connectivity index (χ1n) is 12.0. The number of imidazole rings is 1. The van der Waals surface area contributed by atoms with Gasteiger partial charge >= 0.3 is 6.01 Å². The molecular formula is C27H24N8O3. The number of rotatable bonds is 7. The second kappa shape index (κ2) is 9.43. The summed E-state index contributed by atoms with van der Waals surface area (Å²) in [6, 6.07) is 11.8. The first kappa shape index (κ1) is 23.3. The van der Waals surface area contributed by atoms with Crippen molar-refractivity contribution in [1.29, 1.82) is 0 Å². The highest BCUT2D eigenvalue weighted by Gasteiger charge is 2.31. The summed E-state index contributed by atoms with van der Waals surface area (Å²) in [6.45, 7) is 6.41. The van der Waals surface area contributed by atoms with Crippen molar-refractivity contribution >= 4 is 39.5 Å². The van der Waals surface area contributed by atoms with E-state index in [-0.39, 0.29) is 18.0 Å². The van der Waals surface area contributed by atoms with Crippen LogP contribution in [0.4, 0.5) is 11.5 Å². The molecule has 0 bridgehead atoms. The highest BCUT2D eigenvalue weighted by atomic mass is 16.5. The molecule has 1 fully saturated rings. The first-order valence-corrected chi connectivity index (χ1v) is 12.0. The molecule has 0 atom stereocenters.